The third-order valence-corrected chi connectivity index (χ3v) is 3.04. The van der Waals surface area contributed by atoms with Crippen molar-refractivity contribution in [2.24, 2.45) is 11.8 Å². The molecule has 0 rings (SSSR count). The summed E-state index contributed by atoms with van der Waals surface area (Å²) in [6.07, 6.45) is 1.67. The Bertz CT molecular complexity index is 297. The highest BCUT2D eigenvalue weighted by Gasteiger charge is 2.21. The molecule has 1 atom stereocenters. The van der Waals surface area contributed by atoms with Crippen molar-refractivity contribution in [3.63, 3.8) is 0 Å². The van der Waals surface area contributed by atoms with Crippen molar-refractivity contribution in [1.29, 1.82) is 0 Å². The van der Waals surface area contributed by atoms with Crippen molar-refractivity contribution in [3.8, 4) is 0 Å². The van der Waals surface area contributed by atoms with E-state index in [4.69, 9.17) is 14.6 Å². The topological polar surface area (TPSA) is 96.9 Å². The smallest absolute Gasteiger partial charge is 0.314 e. The Kier molecular flexibility index (Phi) is 11.6. The van der Waals surface area contributed by atoms with E-state index in [1.807, 2.05) is 13.8 Å². The first kappa shape index (κ1) is 19.7. The fourth-order valence-electron chi connectivity index (χ4n) is 1.65. The van der Waals surface area contributed by atoms with Gasteiger partial charge in [-0.1, -0.05) is 13.8 Å². The molecule has 0 aliphatic heterocycles. The maximum absolute atomic E-state index is 11.5. The van der Waals surface area contributed by atoms with Gasteiger partial charge in [0, 0.05) is 26.8 Å². The van der Waals surface area contributed by atoms with E-state index in [2.05, 4.69) is 10.6 Å². The van der Waals surface area contributed by atoms with E-state index in [0.717, 1.165) is 12.8 Å². The number of carbonyl (C=O) groups is 2. The minimum absolute atomic E-state index is 0.0213. The van der Waals surface area contributed by atoms with Gasteiger partial charge in [0.2, 0.25) is 0 Å². The SMILES string of the molecule is COCCOCCCCNC(=O)NCC(C(=O)O)C(C)C. The second-order valence-electron chi connectivity index (χ2n) is 5.14. The van der Waals surface area contributed by atoms with E-state index in [9.17, 15) is 9.59 Å². The standard InChI is InChI=1S/C14H28N2O5/c1-11(2)12(13(17)18)10-16-14(19)15-6-4-5-7-21-9-8-20-3/h11-12H,4-10H2,1-3H3,(H,17,18)(H2,15,16,19). The Balaban J connectivity index is 3.56. The number of hydrogen-bond donors (Lipinski definition) is 3. The Morgan fingerprint density at radius 1 is 1.10 bits per heavy atom. The van der Waals surface area contributed by atoms with Gasteiger partial charge in [-0.25, -0.2) is 4.79 Å². The highest BCUT2D eigenvalue weighted by atomic mass is 16.5. The van der Waals surface area contributed by atoms with Gasteiger partial charge in [0.1, 0.15) is 0 Å². The predicted molar refractivity (Wildman–Crippen MR) is 79.3 cm³/mol. The molecule has 0 radical (unpaired) electrons. The molecule has 7 nitrogen and oxygen atoms in total. The molecule has 0 aromatic carbocycles. The molecule has 0 spiro atoms. The molecule has 1 unspecified atom stereocenters. The Morgan fingerprint density at radius 3 is 2.38 bits per heavy atom. The maximum Gasteiger partial charge on any atom is 0.314 e. The molecule has 2 amide bonds. The van der Waals surface area contributed by atoms with Gasteiger partial charge in [-0.2, -0.15) is 0 Å². The molecule has 0 saturated heterocycles. The zero-order chi connectivity index (χ0) is 16.1. The van der Waals surface area contributed by atoms with E-state index < -0.39 is 11.9 Å². The largest absolute Gasteiger partial charge is 0.481 e. The number of carbonyl (C=O) groups excluding carboxylic acids is 1. The fourth-order valence-corrected chi connectivity index (χ4v) is 1.65. The first-order valence-corrected chi connectivity index (χ1v) is 7.30. The van der Waals surface area contributed by atoms with Crippen molar-refractivity contribution in [1.82, 2.24) is 10.6 Å². The average molecular weight is 304 g/mol. The number of ether oxygens (including phenoxy) is 2. The second-order valence-corrected chi connectivity index (χ2v) is 5.14. The normalized spacial score (nSPS) is 12.2. The number of aliphatic carboxylic acids is 1. The van der Waals surface area contributed by atoms with E-state index in [0.29, 0.717) is 26.4 Å². The molecule has 124 valence electrons. The molecule has 0 aromatic heterocycles. The van der Waals surface area contributed by atoms with Crippen molar-refractivity contribution in [2.45, 2.75) is 26.7 Å². The molecular formula is C14H28N2O5. The van der Waals surface area contributed by atoms with Crippen LogP contribution in [0.1, 0.15) is 26.7 Å². The Morgan fingerprint density at radius 2 is 1.81 bits per heavy atom. The zero-order valence-electron chi connectivity index (χ0n) is 13.2. The van der Waals surface area contributed by atoms with E-state index >= 15 is 0 Å². The average Bonchev–Trinajstić information content (AvgIpc) is 2.41. The number of nitrogens with one attached hydrogen (secondary N) is 2. The molecule has 0 heterocycles. The van der Waals surface area contributed by atoms with Crippen molar-refractivity contribution in [3.05, 3.63) is 0 Å². The molecule has 0 fully saturated rings. The third kappa shape index (κ3) is 11.0. The van der Waals surface area contributed by atoms with Crippen LogP contribution in [0.25, 0.3) is 0 Å². The highest BCUT2D eigenvalue weighted by Crippen LogP contribution is 2.09. The molecule has 0 aliphatic carbocycles. The van der Waals surface area contributed by atoms with Gasteiger partial charge in [0.25, 0.3) is 0 Å². The van der Waals surface area contributed by atoms with Gasteiger partial charge in [0.15, 0.2) is 0 Å². The minimum Gasteiger partial charge on any atom is -0.481 e. The van der Waals surface area contributed by atoms with E-state index in [1.54, 1.807) is 7.11 Å². The molecule has 21 heavy (non-hydrogen) atoms. The molecule has 3 N–H and O–H groups in total. The Labute approximate surface area is 126 Å². The third-order valence-electron chi connectivity index (χ3n) is 3.04. The van der Waals surface area contributed by atoms with Crippen LogP contribution in [0.5, 0.6) is 0 Å². The second kappa shape index (κ2) is 12.4. The van der Waals surface area contributed by atoms with Crippen molar-refractivity contribution in [2.75, 3.05) is 40.0 Å². The van der Waals surface area contributed by atoms with E-state index in [1.165, 1.54) is 0 Å². The summed E-state index contributed by atoms with van der Waals surface area (Å²) < 4.78 is 10.1. The lowest BCUT2D eigenvalue weighted by molar-refractivity contribution is -0.142. The molecule has 0 saturated carbocycles. The maximum atomic E-state index is 11.5. The van der Waals surface area contributed by atoms with Crippen LogP contribution < -0.4 is 10.6 Å². The van der Waals surface area contributed by atoms with Crippen LogP contribution in [0, 0.1) is 11.8 Å². The predicted octanol–water partition coefficient (Wildman–Crippen LogP) is 1.09. The van der Waals surface area contributed by atoms with E-state index in [-0.39, 0.29) is 18.5 Å². The van der Waals surface area contributed by atoms with Gasteiger partial charge in [-0.15, -0.1) is 0 Å². The van der Waals surface area contributed by atoms with Gasteiger partial charge < -0.3 is 25.2 Å². The number of hydrogen-bond acceptors (Lipinski definition) is 4. The van der Waals surface area contributed by atoms with Gasteiger partial charge in [-0.3, -0.25) is 4.79 Å². The van der Waals surface area contributed by atoms with Crippen LogP contribution >= 0.6 is 0 Å². The monoisotopic (exact) mass is 304 g/mol. The molecule has 7 heteroatoms. The molecule has 0 aliphatic rings. The summed E-state index contributed by atoms with van der Waals surface area (Å²) in [6, 6.07) is -0.331. The quantitative estimate of drug-likeness (QED) is 0.469. The lowest BCUT2D eigenvalue weighted by Gasteiger charge is -2.16. The van der Waals surface area contributed by atoms with Crippen molar-refractivity contribution >= 4 is 12.0 Å². The van der Waals surface area contributed by atoms with Crippen LogP contribution in [0.3, 0.4) is 0 Å². The molecule has 0 bridgehead atoms. The summed E-state index contributed by atoms with van der Waals surface area (Å²) in [5.41, 5.74) is 0. The number of amides is 2. The summed E-state index contributed by atoms with van der Waals surface area (Å²) in [4.78, 5) is 22.5. The first-order valence-electron chi connectivity index (χ1n) is 7.30. The number of methoxy groups -OCH3 is 1. The van der Waals surface area contributed by atoms with Crippen molar-refractivity contribution < 1.29 is 24.2 Å². The van der Waals surface area contributed by atoms with Crippen LogP contribution in [-0.2, 0) is 14.3 Å². The lowest BCUT2D eigenvalue weighted by Crippen LogP contribution is -2.41. The number of carboxylic acid groups (broad SMARTS) is 1. The summed E-state index contributed by atoms with van der Waals surface area (Å²) in [5, 5.41) is 14.3. The van der Waals surface area contributed by atoms with Gasteiger partial charge in [-0.05, 0) is 18.8 Å². The number of rotatable bonds is 12. The number of urea groups is 1. The summed E-state index contributed by atoms with van der Waals surface area (Å²) in [6.45, 7) is 6.13. The summed E-state index contributed by atoms with van der Waals surface area (Å²) in [7, 11) is 1.63. The highest BCUT2D eigenvalue weighted by molar-refractivity contribution is 5.75. The Hall–Kier alpha value is -1.34. The fraction of sp³-hybridized carbons (Fsp3) is 0.857. The van der Waals surface area contributed by atoms with Gasteiger partial charge in [0.05, 0.1) is 19.1 Å². The van der Waals surface area contributed by atoms with Crippen LogP contribution in [0.2, 0.25) is 0 Å². The summed E-state index contributed by atoms with van der Waals surface area (Å²) in [5.74, 6) is -1.48. The van der Waals surface area contributed by atoms with Crippen LogP contribution in [0.4, 0.5) is 4.79 Å². The number of carboxylic acids is 1. The summed E-state index contributed by atoms with van der Waals surface area (Å²) >= 11 is 0. The van der Waals surface area contributed by atoms with Gasteiger partial charge >= 0.3 is 12.0 Å². The number of unbranched alkanes of at least 4 members (excludes halogenated alkanes) is 1. The lowest BCUT2D eigenvalue weighted by atomic mass is 9.96. The molecule has 0 aromatic rings. The molecular weight excluding hydrogens is 276 g/mol. The van der Waals surface area contributed by atoms with Crippen LogP contribution in [0.15, 0.2) is 0 Å². The first-order chi connectivity index (χ1) is 9.99. The minimum atomic E-state index is -0.890. The van der Waals surface area contributed by atoms with Crippen LogP contribution in [-0.4, -0.2) is 57.1 Å². The zero-order valence-corrected chi connectivity index (χ0v) is 13.2.